The number of rotatable bonds is 3. The van der Waals surface area contributed by atoms with E-state index in [1.54, 1.807) is 0 Å². The molecule has 1 aliphatic carbocycles. The van der Waals surface area contributed by atoms with Gasteiger partial charge in [-0.05, 0) is 57.6 Å². The molecule has 0 bridgehead atoms. The molecule has 5 rings (SSSR count). The predicted molar refractivity (Wildman–Crippen MR) is 113 cm³/mol. The number of likely N-dealkylation sites (tertiary alicyclic amines) is 1. The second kappa shape index (κ2) is 6.86. The lowest BCUT2D eigenvalue weighted by molar-refractivity contribution is -0.137. The number of aromatic nitrogens is 3. The van der Waals surface area contributed by atoms with Crippen LogP contribution in [0.15, 0.2) is 18.3 Å². The van der Waals surface area contributed by atoms with Crippen molar-refractivity contribution < 1.29 is 18.0 Å². The molecule has 3 N–H and O–H groups in total. The van der Waals surface area contributed by atoms with Gasteiger partial charge in [0.1, 0.15) is 5.82 Å². The summed E-state index contributed by atoms with van der Waals surface area (Å²) in [6.07, 6.45) is 0.709. The second-order valence-corrected chi connectivity index (χ2v) is 9.92. The minimum atomic E-state index is -4.58. The van der Waals surface area contributed by atoms with Crippen molar-refractivity contribution in [2.24, 2.45) is 5.92 Å². The highest BCUT2D eigenvalue weighted by atomic mass is 19.4. The van der Waals surface area contributed by atoms with Gasteiger partial charge >= 0.3 is 12.2 Å². The molecule has 4 heterocycles. The van der Waals surface area contributed by atoms with E-state index >= 15 is 0 Å². The average molecular weight is 448 g/mol. The average Bonchev–Trinajstić information content (AvgIpc) is 3.23. The van der Waals surface area contributed by atoms with Crippen molar-refractivity contribution in [3.05, 3.63) is 29.6 Å². The number of aryl methyl sites for hydroxylation is 1. The van der Waals surface area contributed by atoms with Gasteiger partial charge < -0.3 is 16.0 Å². The molecule has 2 fully saturated rings. The molecule has 2 aliphatic heterocycles. The van der Waals surface area contributed by atoms with Gasteiger partial charge in [0, 0.05) is 48.0 Å². The van der Waals surface area contributed by atoms with E-state index in [1.807, 2.05) is 15.6 Å². The smallest absolute Gasteiger partial charge is 0.383 e. The molecule has 32 heavy (non-hydrogen) atoms. The quantitative estimate of drug-likeness (QED) is 0.748. The zero-order valence-electron chi connectivity index (χ0n) is 18.2. The van der Waals surface area contributed by atoms with E-state index in [-0.39, 0.29) is 22.5 Å². The van der Waals surface area contributed by atoms with Crippen LogP contribution < -0.4 is 11.1 Å². The van der Waals surface area contributed by atoms with Gasteiger partial charge in [0.25, 0.3) is 0 Å². The number of hydrogen-bond acceptors (Lipinski definition) is 4. The Kier molecular flexibility index (Phi) is 4.52. The van der Waals surface area contributed by atoms with Crippen LogP contribution in [0.1, 0.15) is 50.8 Å². The van der Waals surface area contributed by atoms with E-state index in [0.717, 1.165) is 37.4 Å². The Bertz CT molecular complexity index is 1070. The molecule has 0 radical (unpaired) electrons. The summed E-state index contributed by atoms with van der Waals surface area (Å²) < 4.78 is 41.6. The van der Waals surface area contributed by atoms with E-state index in [2.05, 4.69) is 29.2 Å². The first-order valence-electron chi connectivity index (χ1n) is 11.0. The third kappa shape index (κ3) is 3.49. The number of pyridine rings is 1. The van der Waals surface area contributed by atoms with Crippen molar-refractivity contribution >= 4 is 11.8 Å². The number of nitrogens with two attached hydrogens (primary N) is 1. The zero-order valence-corrected chi connectivity index (χ0v) is 18.2. The second-order valence-electron chi connectivity index (χ2n) is 9.92. The van der Waals surface area contributed by atoms with Crippen molar-refractivity contribution in [3.63, 3.8) is 0 Å². The van der Waals surface area contributed by atoms with E-state index < -0.39 is 17.6 Å². The highest BCUT2D eigenvalue weighted by Crippen LogP contribution is 2.45. The molecule has 1 saturated carbocycles. The molecular formula is C22H27F3N6O. The highest BCUT2D eigenvalue weighted by molar-refractivity contribution is 5.76. The lowest BCUT2D eigenvalue weighted by atomic mass is 9.82. The first-order valence-corrected chi connectivity index (χ1v) is 11.0. The van der Waals surface area contributed by atoms with Crippen LogP contribution in [0.4, 0.5) is 23.8 Å². The van der Waals surface area contributed by atoms with Gasteiger partial charge in [-0.1, -0.05) is 0 Å². The number of amides is 2. The maximum absolute atomic E-state index is 13.2. The van der Waals surface area contributed by atoms with Crippen molar-refractivity contribution in [1.29, 1.82) is 0 Å². The van der Waals surface area contributed by atoms with Crippen LogP contribution in [-0.4, -0.2) is 44.3 Å². The lowest BCUT2D eigenvalue weighted by Crippen LogP contribution is -2.51. The van der Waals surface area contributed by atoms with Crippen LogP contribution in [0.5, 0.6) is 0 Å². The Hall–Kier alpha value is -2.78. The largest absolute Gasteiger partial charge is 0.419 e. The maximum atomic E-state index is 13.2. The molecule has 1 unspecified atom stereocenters. The summed E-state index contributed by atoms with van der Waals surface area (Å²) in [5.41, 5.74) is 5.72. The van der Waals surface area contributed by atoms with Crippen LogP contribution in [0.25, 0.3) is 11.3 Å². The lowest BCUT2D eigenvalue weighted by Gasteiger charge is -2.30. The molecule has 7 nitrogen and oxygen atoms in total. The van der Waals surface area contributed by atoms with Crippen molar-refractivity contribution in [1.82, 2.24) is 25.0 Å². The standard InChI is InChI=1S/C22H27F3N6O/c1-20(2,14-3-4-14)28-19(32)30-7-5-21(12-30)6-8-31-17(21)10-16(29-31)13-9-15(22(23,24)25)18(26)27-11-13/h9-11,14H,3-8,12H2,1-2H3,(H2,26,27)(H,28,32). The first kappa shape index (κ1) is 21.1. The third-order valence-corrected chi connectivity index (χ3v) is 7.31. The Morgan fingerprint density at radius 3 is 2.62 bits per heavy atom. The molecule has 2 aromatic rings. The number of halogens is 3. The highest BCUT2D eigenvalue weighted by Gasteiger charge is 2.48. The van der Waals surface area contributed by atoms with Crippen LogP contribution in [0.3, 0.4) is 0 Å². The summed E-state index contributed by atoms with van der Waals surface area (Å²) in [6.45, 7) is 6.04. The summed E-state index contributed by atoms with van der Waals surface area (Å²) in [5, 5.41) is 7.73. The third-order valence-electron chi connectivity index (χ3n) is 7.31. The number of nitrogens with one attached hydrogen (secondary N) is 1. The maximum Gasteiger partial charge on any atom is 0.419 e. The van der Waals surface area contributed by atoms with E-state index in [9.17, 15) is 18.0 Å². The van der Waals surface area contributed by atoms with Gasteiger partial charge in [0.15, 0.2) is 0 Å². The number of urea groups is 1. The zero-order chi connectivity index (χ0) is 22.9. The number of fused-ring (bicyclic) bond motifs is 2. The fraction of sp³-hybridized carbons (Fsp3) is 0.591. The fourth-order valence-electron chi connectivity index (χ4n) is 5.17. The molecule has 1 atom stereocenters. The fourth-order valence-corrected chi connectivity index (χ4v) is 5.17. The summed E-state index contributed by atoms with van der Waals surface area (Å²) in [5.74, 6) is -0.00960. The number of carbonyl (C=O) groups is 1. The van der Waals surface area contributed by atoms with Gasteiger partial charge in [-0.2, -0.15) is 18.3 Å². The normalized spacial score (nSPS) is 23.1. The number of carbonyl (C=O) groups excluding carboxylic acids is 1. The van der Waals surface area contributed by atoms with Crippen LogP contribution >= 0.6 is 0 Å². The number of alkyl halides is 3. The molecule has 10 heteroatoms. The Labute approximate surface area is 184 Å². The minimum Gasteiger partial charge on any atom is -0.383 e. The summed E-state index contributed by atoms with van der Waals surface area (Å²) in [4.78, 5) is 18.5. The SMILES string of the molecule is CC(C)(NC(=O)N1CCC2(CCn3nc(-c4cnc(N)c(C(F)(F)F)c4)cc32)C1)C1CC1. The molecule has 172 valence electrons. The number of nitrogens with zero attached hydrogens (tertiary/aromatic N) is 4. The summed E-state index contributed by atoms with van der Waals surface area (Å²) in [6, 6.07) is 2.80. The number of nitrogen functional groups attached to an aromatic ring is 1. The molecule has 2 amide bonds. The van der Waals surface area contributed by atoms with Crippen LogP contribution in [-0.2, 0) is 18.1 Å². The number of hydrogen-bond donors (Lipinski definition) is 2. The van der Waals surface area contributed by atoms with Gasteiger partial charge in [0.2, 0.25) is 0 Å². The molecule has 0 aromatic carbocycles. The summed E-state index contributed by atoms with van der Waals surface area (Å²) >= 11 is 0. The van der Waals surface area contributed by atoms with Gasteiger partial charge in [-0.25, -0.2) is 9.78 Å². The molecule has 1 saturated heterocycles. The molecule has 2 aromatic heterocycles. The van der Waals surface area contributed by atoms with Gasteiger partial charge in [-0.3, -0.25) is 4.68 Å². The number of anilines is 1. The molecule has 3 aliphatic rings. The topological polar surface area (TPSA) is 89.1 Å². The first-order chi connectivity index (χ1) is 15.0. The Morgan fingerprint density at radius 1 is 1.22 bits per heavy atom. The van der Waals surface area contributed by atoms with Crippen molar-refractivity contribution in [2.75, 3.05) is 18.8 Å². The Morgan fingerprint density at radius 2 is 1.94 bits per heavy atom. The predicted octanol–water partition coefficient (Wildman–Crippen LogP) is 3.79. The van der Waals surface area contributed by atoms with Gasteiger partial charge in [0.05, 0.1) is 11.3 Å². The van der Waals surface area contributed by atoms with E-state index in [1.165, 1.54) is 6.20 Å². The van der Waals surface area contributed by atoms with E-state index in [0.29, 0.717) is 31.2 Å². The van der Waals surface area contributed by atoms with Gasteiger partial charge in [-0.15, -0.1) is 0 Å². The van der Waals surface area contributed by atoms with Crippen molar-refractivity contribution in [2.45, 2.75) is 63.2 Å². The van der Waals surface area contributed by atoms with E-state index in [4.69, 9.17) is 5.73 Å². The van der Waals surface area contributed by atoms with Crippen LogP contribution in [0.2, 0.25) is 0 Å². The molecule has 1 spiro atoms. The Balaban J connectivity index is 1.37. The van der Waals surface area contributed by atoms with Crippen molar-refractivity contribution in [3.8, 4) is 11.3 Å². The van der Waals surface area contributed by atoms with Crippen LogP contribution in [0, 0.1) is 5.92 Å². The monoisotopic (exact) mass is 448 g/mol. The minimum absolute atomic E-state index is 0.0467. The molecular weight excluding hydrogens is 421 g/mol. The summed E-state index contributed by atoms with van der Waals surface area (Å²) in [7, 11) is 0.